The van der Waals surface area contributed by atoms with Crippen LogP contribution in [0.2, 0.25) is 0 Å². The zero-order valence-corrected chi connectivity index (χ0v) is 13.3. The van der Waals surface area contributed by atoms with E-state index in [4.69, 9.17) is 4.42 Å². The van der Waals surface area contributed by atoms with Crippen molar-refractivity contribution in [3.8, 4) is 0 Å². The second-order valence-corrected chi connectivity index (χ2v) is 7.31. The van der Waals surface area contributed by atoms with Crippen LogP contribution < -0.4 is 0 Å². The molecule has 1 aromatic heterocycles. The van der Waals surface area contributed by atoms with E-state index in [2.05, 4.69) is 24.3 Å². The molecular formula is C20H19NO3. The fourth-order valence-electron chi connectivity index (χ4n) is 5.32. The number of carbonyl (C=O) groups is 2. The molecule has 1 aromatic carbocycles. The highest BCUT2D eigenvalue weighted by Gasteiger charge is 2.63. The third-order valence-electron chi connectivity index (χ3n) is 6.23. The van der Waals surface area contributed by atoms with Crippen LogP contribution in [0.15, 0.2) is 53.1 Å². The maximum atomic E-state index is 13.0. The van der Waals surface area contributed by atoms with Gasteiger partial charge in [0.25, 0.3) is 0 Å². The number of imide groups is 1. The summed E-state index contributed by atoms with van der Waals surface area (Å²) in [6.07, 6.45) is 3.63. The van der Waals surface area contributed by atoms with Crippen molar-refractivity contribution in [2.45, 2.75) is 25.3 Å². The standard InChI is InChI=1S/C20H19NO3/c22-19-17-13-9-15(12-5-2-1-3-6-12)16(10-13)18(17)20(23)21(19)11-14-7-4-8-24-14/h1-8,13,15-18H,9-11H2/t13-,15-,16+,17+,18+/m0/s1. The molecule has 5 atom stereocenters. The normalized spacial score (nSPS) is 34.2. The Morgan fingerprint density at radius 1 is 0.958 bits per heavy atom. The van der Waals surface area contributed by atoms with Gasteiger partial charge in [-0.1, -0.05) is 30.3 Å². The third kappa shape index (κ3) is 1.86. The van der Waals surface area contributed by atoms with Crippen LogP contribution in [0.5, 0.6) is 0 Å². The van der Waals surface area contributed by atoms with Gasteiger partial charge in [-0.2, -0.15) is 0 Å². The molecule has 2 bridgehead atoms. The number of furan rings is 1. The van der Waals surface area contributed by atoms with E-state index in [1.807, 2.05) is 12.1 Å². The van der Waals surface area contributed by atoms with Gasteiger partial charge in [0.2, 0.25) is 11.8 Å². The molecule has 2 saturated carbocycles. The summed E-state index contributed by atoms with van der Waals surface area (Å²) in [5.41, 5.74) is 1.31. The number of rotatable bonds is 3. The molecule has 0 N–H and O–H groups in total. The lowest BCUT2D eigenvalue weighted by Gasteiger charge is -2.28. The fourth-order valence-corrected chi connectivity index (χ4v) is 5.32. The van der Waals surface area contributed by atoms with E-state index in [1.165, 1.54) is 10.5 Å². The van der Waals surface area contributed by atoms with E-state index in [-0.39, 0.29) is 30.2 Å². The predicted molar refractivity (Wildman–Crippen MR) is 86.6 cm³/mol. The summed E-state index contributed by atoms with van der Waals surface area (Å²) in [5.74, 6) is 1.54. The van der Waals surface area contributed by atoms with E-state index in [0.29, 0.717) is 23.5 Å². The van der Waals surface area contributed by atoms with Crippen LogP contribution in [0.3, 0.4) is 0 Å². The summed E-state index contributed by atoms with van der Waals surface area (Å²) >= 11 is 0. The number of amides is 2. The SMILES string of the molecule is O=C1[C@@H]2[C@@H]3C[C@@H]([C@H]2C(=O)N1Cc1ccco1)[C@H](c1ccccc1)C3. The van der Waals surface area contributed by atoms with Crippen molar-refractivity contribution < 1.29 is 14.0 Å². The third-order valence-corrected chi connectivity index (χ3v) is 6.23. The van der Waals surface area contributed by atoms with Crippen molar-refractivity contribution in [3.05, 3.63) is 60.1 Å². The van der Waals surface area contributed by atoms with E-state index < -0.39 is 0 Å². The number of carbonyl (C=O) groups excluding carboxylic acids is 2. The lowest BCUT2D eigenvalue weighted by molar-refractivity contribution is -0.141. The molecule has 1 aliphatic heterocycles. The van der Waals surface area contributed by atoms with Gasteiger partial charge in [-0.15, -0.1) is 0 Å². The molecule has 0 spiro atoms. The summed E-state index contributed by atoms with van der Waals surface area (Å²) in [7, 11) is 0. The van der Waals surface area contributed by atoms with Crippen LogP contribution in [-0.4, -0.2) is 16.7 Å². The van der Waals surface area contributed by atoms with Gasteiger partial charge in [-0.25, -0.2) is 0 Å². The highest BCUT2D eigenvalue weighted by Crippen LogP contribution is 2.61. The lowest BCUT2D eigenvalue weighted by Crippen LogP contribution is -2.32. The minimum Gasteiger partial charge on any atom is -0.467 e. The maximum absolute atomic E-state index is 13.0. The van der Waals surface area contributed by atoms with E-state index in [1.54, 1.807) is 12.3 Å². The van der Waals surface area contributed by atoms with Crippen LogP contribution in [-0.2, 0) is 16.1 Å². The molecule has 0 unspecified atom stereocenters. The molecule has 4 heteroatoms. The first-order valence-corrected chi connectivity index (χ1v) is 8.66. The van der Waals surface area contributed by atoms with Gasteiger partial charge in [0, 0.05) is 0 Å². The largest absolute Gasteiger partial charge is 0.467 e. The summed E-state index contributed by atoms with van der Waals surface area (Å²) in [5, 5.41) is 0. The Balaban J connectivity index is 1.43. The Kier molecular flexibility index (Phi) is 2.96. The molecule has 24 heavy (non-hydrogen) atoms. The first-order valence-electron chi connectivity index (χ1n) is 8.66. The molecule has 2 heterocycles. The number of hydrogen-bond acceptors (Lipinski definition) is 3. The minimum atomic E-state index is -0.128. The molecule has 2 aliphatic carbocycles. The molecule has 2 aromatic rings. The Labute approximate surface area is 140 Å². The lowest BCUT2D eigenvalue weighted by atomic mass is 9.73. The molecule has 5 rings (SSSR count). The second-order valence-electron chi connectivity index (χ2n) is 7.31. The molecule has 2 amide bonds. The van der Waals surface area contributed by atoms with Crippen molar-refractivity contribution >= 4 is 11.8 Å². The van der Waals surface area contributed by atoms with Gasteiger partial charge in [0.05, 0.1) is 24.6 Å². The Morgan fingerprint density at radius 2 is 1.75 bits per heavy atom. The van der Waals surface area contributed by atoms with Gasteiger partial charge >= 0.3 is 0 Å². The van der Waals surface area contributed by atoms with Crippen LogP contribution in [0.1, 0.15) is 30.1 Å². The number of fused-ring (bicyclic) bond motifs is 5. The maximum Gasteiger partial charge on any atom is 0.233 e. The molecule has 4 nitrogen and oxygen atoms in total. The quantitative estimate of drug-likeness (QED) is 0.816. The predicted octanol–water partition coefficient (Wildman–Crippen LogP) is 3.20. The van der Waals surface area contributed by atoms with Crippen LogP contribution in [0.4, 0.5) is 0 Å². The average molecular weight is 321 g/mol. The number of benzene rings is 1. The molecule has 122 valence electrons. The van der Waals surface area contributed by atoms with Crippen LogP contribution in [0, 0.1) is 23.7 Å². The van der Waals surface area contributed by atoms with Crippen molar-refractivity contribution in [3.63, 3.8) is 0 Å². The van der Waals surface area contributed by atoms with E-state index in [0.717, 1.165) is 12.8 Å². The first-order chi connectivity index (χ1) is 11.7. The van der Waals surface area contributed by atoms with Gasteiger partial charge in [-0.05, 0) is 48.3 Å². The summed E-state index contributed by atoms with van der Waals surface area (Å²) in [6.45, 7) is 0.271. The Bertz CT molecular complexity index is 782. The first kappa shape index (κ1) is 14.0. The molecule has 1 saturated heterocycles. The summed E-state index contributed by atoms with van der Waals surface area (Å²) < 4.78 is 5.33. The zero-order chi connectivity index (χ0) is 16.3. The topological polar surface area (TPSA) is 50.5 Å². The zero-order valence-electron chi connectivity index (χ0n) is 13.3. The Hall–Kier alpha value is -2.36. The molecule has 0 radical (unpaired) electrons. The average Bonchev–Trinajstić information content (AvgIpc) is 3.37. The highest BCUT2D eigenvalue weighted by atomic mass is 16.3. The molecule has 3 aliphatic rings. The fraction of sp³-hybridized carbons (Fsp3) is 0.400. The number of likely N-dealkylation sites (tertiary alicyclic amines) is 1. The molecular weight excluding hydrogens is 302 g/mol. The summed E-state index contributed by atoms with van der Waals surface area (Å²) in [6, 6.07) is 14.1. The van der Waals surface area contributed by atoms with Gasteiger partial charge in [-0.3, -0.25) is 14.5 Å². The minimum absolute atomic E-state index is 0.00883. The van der Waals surface area contributed by atoms with Crippen molar-refractivity contribution in [1.82, 2.24) is 4.90 Å². The van der Waals surface area contributed by atoms with Crippen LogP contribution >= 0.6 is 0 Å². The van der Waals surface area contributed by atoms with Crippen molar-refractivity contribution in [2.75, 3.05) is 0 Å². The smallest absolute Gasteiger partial charge is 0.233 e. The van der Waals surface area contributed by atoms with E-state index >= 15 is 0 Å². The second kappa shape index (κ2) is 5.07. The van der Waals surface area contributed by atoms with Gasteiger partial charge in [0.15, 0.2) is 0 Å². The number of hydrogen-bond donors (Lipinski definition) is 0. The van der Waals surface area contributed by atoms with Gasteiger partial charge in [0.1, 0.15) is 5.76 Å². The number of nitrogens with zero attached hydrogens (tertiary/aromatic N) is 1. The monoisotopic (exact) mass is 321 g/mol. The van der Waals surface area contributed by atoms with Crippen molar-refractivity contribution in [1.29, 1.82) is 0 Å². The highest BCUT2D eigenvalue weighted by molar-refractivity contribution is 6.06. The molecule has 3 fully saturated rings. The summed E-state index contributed by atoms with van der Waals surface area (Å²) in [4.78, 5) is 27.2. The van der Waals surface area contributed by atoms with E-state index in [9.17, 15) is 9.59 Å². The van der Waals surface area contributed by atoms with Crippen LogP contribution in [0.25, 0.3) is 0 Å². The van der Waals surface area contributed by atoms with Crippen molar-refractivity contribution in [2.24, 2.45) is 23.7 Å². The van der Waals surface area contributed by atoms with Gasteiger partial charge < -0.3 is 4.42 Å². The Morgan fingerprint density at radius 3 is 2.50 bits per heavy atom.